The Labute approximate surface area is 194 Å². The van der Waals surface area contributed by atoms with Crippen molar-refractivity contribution in [2.75, 3.05) is 11.5 Å². The maximum atomic E-state index is 12.8. The molecule has 0 saturated carbocycles. The smallest absolute Gasteiger partial charge is 0.352 e. The summed E-state index contributed by atoms with van der Waals surface area (Å²) in [6.45, 7) is 3.52. The predicted octanol–water partition coefficient (Wildman–Crippen LogP) is 1.69. The van der Waals surface area contributed by atoms with Gasteiger partial charge in [0.25, 0.3) is 11.8 Å². The summed E-state index contributed by atoms with van der Waals surface area (Å²) < 4.78 is 2.10. The highest BCUT2D eigenvalue weighted by molar-refractivity contribution is 8.01. The first-order valence-corrected chi connectivity index (χ1v) is 12.2. The molecule has 164 valence electrons. The van der Waals surface area contributed by atoms with E-state index in [1.165, 1.54) is 44.4 Å². The standard InChI is InChI=1S/C17H17ClN6O4S3/c1-6-9(18)12(23(3)22-6)13(25)19-10-14(26)24-11(16(27)28)8(4-29-15(10)24)5-30-17-21-20-7(2)31-17/h10,15H,4-5H2,1-3H3,(H,19,25)(H,27,28)/t10-,15+/m0/s1. The van der Waals surface area contributed by atoms with Gasteiger partial charge < -0.3 is 10.4 Å². The number of nitrogens with zero attached hydrogens (tertiary/aromatic N) is 5. The lowest BCUT2D eigenvalue weighted by Gasteiger charge is -2.49. The lowest BCUT2D eigenvalue weighted by atomic mass is 10.0. The molecular formula is C17H17ClN6O4S3. The highest BCUT2D eigenvalue weighted by atomic mass is 35.5. The highest BCUT2D eigenvalue weighted by Crippen LogP contribution is 2.42. The topological polar surface area (TPSA) is 130 Å². The molecule has 14 heteroatoms. The maximum absolute atomic E-state index is 12.8. The summed E-state index contributed by atoms with van der Waals surface area (Å²) in [7, 11) is 1.59. The number of hydrogen-bond acceptors (Lipinski definition) is 9. The van der Waals surface area contributed by atoms with Crippen molar-refractivity contribution in [3.63, 3.8) is 0 Å². The minimum atomic E-state index is -1.17. The van der Waals surface area contributed by atoms with Gasteiger partial charge in [-0.3, -0.25) is 19.2 Å². The second-order valence-corrected chi connectivity index (χ2v) is 10.8. The largest absolute Gasteiger partial charge is 0.477 e. The van der Waals surface area contributed by atoms with Crippen LogP contribution in [0.4, 0.5) is 0 Å². The fourth-order valence-electron chi connectivity index (χ4n) is 3.37. The van der Waals surface area contributed by atoms with Gasteiger partial charge in [0.1, 0.15) is 27.8 Å². The molecule has 0 bridgehead atoms. The lowest BCUT2D eigenvalue weighted by Crippen LogP contribution is -2.70. The molecule has 2 amide bonds. The molecule has 4 rings (SSSR count). The monoisotopic (exact) mass is 500 g/mol. The number of fused-ring (bicyclic) bond motifs is 1. The summed E-state index contributed by atoms with van der Waals surface area (Å²) in [4.78, 5) is 38.7. The Kier molecular flexibility index (Phi) is 6.03. The molecule has 1 saturated heterocycles. The van der Waals surface area contributed by atoms with Crippen LogP contribution >= 0.6 is 46.5 Å². The van der Waals surface area contributed by atoms with Gasteiger partial charge in [0.2, 0.25) is 0 Å². The van der Waals surface area contributed by atoms with Crippen molar-refractivity contribution in [3.8, 4) is 0 Å². The number of carboxylic acid groups (broad SMARTS) is 1. The Morgan fingerprint density at radius 2 is 2.10 bits per heavy atom. The van der Waals surface area contributed by atoms with E-state index in [-0.39, 0.29) is 16.4 Å². The number of carbonyl (C=O) groups is 3. The van der Waals surface area contributed by atoms with E-state index in [0.29, 0.717) is 22.8 Å². The molecule has 2 atom stereocenters. The second kappa shape index (κ2) is 8.45. The summed E-state index contributed by atoms with van der Waals surface area (Å²) in [5.41, 5.74) is 1.27. The van der Waals surface area contributed by atoms with Gasteiger partial charge in [-0.2, -0.15) is 5.10 Å². The number of rotatable bonds is 6. The Hall–Kier alpha value is -2.09. The molecule has 4 heterocycles. The van der Waals surface area contributed by atoms with Gasteiger partial charge in [-0.1, -0.05) is 34.7 Å². The van der Waals surface area contributed by atoms with E-state index in [4.69, 9.17) is 11.6 Å². The average Bonchev–Trinajstić information content (AvgIpc) is 3.25. The van der Waals surface area contributed by atoms with Crippen molar-refractivity contribution in [1.29, 1.82) is 0 Å². The minimum absolute atomic E-state index is 0.0256. The van der Waals surface area contributed by atoms with Crippen LogP contribution in [-0.4, -0.2) is 70.7 Å². The van der Waals surface area contributed by atoms with Crippen molar-refractivity contribution in [1.82, 2.24) is 30.2 Å². The van der Waals surface area contributed by atoms with Crippen LogP contribution in [0.25, 0.3) is 0 Å². The molecule has 10 nitrogen and oxygen atoms in total. The fraction of sp³-hybridized carbons (Fsp3) is 0.412. The van der Waals surface area contributed by atoms with E-state index in [2.05, 4.69) is 20.6 Å². The van der Waals surface area contributed by atoms with Gasteiger partial charge in [0.15, 0.2) is 4.34 Å². The fourth-order valence-corrected chi connectivity index (χ4v) is 6.91. The Balaban J connectivity index is 1.50. The number of carboxylic acids is 1. The van der Waals surface area contributed by atoms with E-state index in [9.17, 15) is 19.5 Å². The first kappa shape index (κ1) is 22.1. The van der Waals surface area contributed by atoms with Gasteiger partial charge in [-0.05, 0) is 19.4 Å². The number of halogens is 1. The molecule has 31 heavy (non-hydrogen) atoms. The second-order valence-electron chi connectivity index (χ2n) is 6.87. The van der Waals surface area contributed by atoms with Crippen LogP contribution in [0.15, 0.2) is 15.6 Å². The third-order valence-corrected chi connectivity index (χ3v) is 8.63. The van der Waals surface area contributed by atoms with Crippen molar-refractivity contribution in [2.45, 2.75) is 29.6 Å². The third-order valence-electron chi connectivity index (χ3n) is 4.78. The lowest BCUT2D eigenvalue weighted by molar-refractivity contribution is -0.148. The molecule has 0 spiro atoms. The molecule has 0 aromatic carbocycles. The summed E-state index contributed by atoms with van der Waals surface area (Å²) in [5.74, 6) is -1.34. The number of thioether (sulfide) groups is 2. The van der Waals surface area contributed by atoms with Crippen LogP contribution in [0.1, 0.15) is 21.2 Å². The average molecular weight is 501 g/mol. The molecule has 2 aliphatic rings. The SMILES string of the molecule is Cc1nnc(SCC2=C(C(=O)O)N3C(=O)[C@H](NC(=O)c4c(Cl)c(C)nn4C)[C@H]3SC2)s1. The summed E-state index contributed by atoms with van der Waals surface area (Å²) in [5, 5.41) is 25.1. The molecule has 2 aromatic heterocycles. The first-order valence-electron chi connectivity index (χ1n) is 9.02. The summed E-state index contributed by atoms with van der Waals surface area (Å²) in [6, 6.07) is -0.835. The van der Waals surface area contributed by atoms with E-state index < -0.39 is 29.2 Å². The molecule has 0 unspecified atom stereocenters. The van der Waals surface area contributed by atoms with Crippen LogP contribution in [0.3, 0.4) is 0 Å². The molecule has 0 radical (unpaired) electrons. The van der Waals surface area contributed by atoms with E-state index >= 15 is 0 Å². The number of aryl methyl sites for hydroxylation is 3. The van der Waals surface area contributed by atoms with Gasteiger partial charge in [-0.15, -0.1) is 22.0 Å². The predicted molar refractivity (Wildman–Crippen MR) is 117 cm³/mol. The van der Waals surface area contributed by atoms with Crippen molar-refractivity contribution >= 4 is 64.2 Å². The number of amides is 2. The molecule has 0 aliphatic carbocycles. The molecular weight excluding hydrogens is 484 g/mol. The van der Waals surface area contributed by atoms with Crippen molar-refractivity contribution < 1.29 is 19.5 Å². The van der Waals surface area contributed by atoms with Crippen LogP contribution in [0, 0.1) is 13.8 Å². The first-order chi connectivity index (χ1) is 14.7. The van der Waals surface area contributed by atoms with Crippen LogP contribution in [0.2, 0.25) is 5.02 Å². The Bertz CT molecular complexity index is 1130. The summed E-state index contributed by atoms with van der Waals surface area (Å²) >= 11 is 10.4. The van der Waals surface area contributed by atoms with E-state index in [0.717, 1.165) is 9.35 Å². The van der Waals surface area contributed by atoms with Crippen molar-refractivity contribution in [2.24, 2.45) is 7.05 Å². The Morgan fingerprint density at radius 1 is 1.35 bits per heavy atom. The minimum Gasteiger partial charge on any atom is -0.477 e. The van der Waals surface area contributed by atoms with Crippen molar-refractivity contribution in [3.05, 3.63) is 32.7 Å². The van der Waals surface area contributed by atoms with E-state index in [1.807, 2.05) is 6.92 Å². The van der Waals surface area contributed by atoms with E-state index in [1.54, 1.807) is 14.0 Å². The summed E-state index contributed by atoms with van der Waals surface area (Å²) in [6.07, 6.45) is 0. The normalized spacial score (nSPS) is 20.5. The zero-order chi connectivity index (χ0) is 22.4. The number of nitrogens with one attached hydrogen (secondary N) is 1. The molecule has 2 aromatic rings. The number of aliphatic carboxylic acids is 1. The molecule has 2 N–H and O–H groups in total. The number of β-lactam (4-membered cyclic amide) rings is 1. The highest BCUT2D eigenvalue weighted by Gasteiger charge is 2.54. The number of aromatic nitrogens is 4. The number of carbonyl (C=O) groups excluding carboxylic acids is 2. The van der Waals surface area contributed by atoms with Crippen LogP contribution in [-0.2, 0) is 16.6 Å². The zero-order valence-corrected chi connectivity index (χ0v) is 19.8. The third kappa shape index (κ3) is 3.95. The number of hydrogen-bond donors (Lipinski definition) is 2. The zero-order valence-electron chi connectivity index (χ0n) is 16.6. The molecule has 2 aliphatic heterocycles. The Morgan fingerprint density at radius 3 is 2.68 bits per heavy atom. The quantitative estimate of drug-likeness (QED) is 0.449. The van der Waals surface area contributed by atoms with Gasteiger partial charge in [0, 0.05) is 18.6 Å². The van der Waals surface area contributed by atoms with Gasteiger partial charge in [-0.25, -0.2) is 4.79 Å². The van der Waals surface area contributed by atoms with Crippen LogP contribution < -0.4 is 5.32 Å². The maximum Gasteiger partial charge on any atom is 0.352 e. The molecule has 1 fully saturated rings. The van der Waals surface area contributed by atoms with Gasteiger partial charge >= 0.3 is 5.97 Å². The van der Waals surface area contributed by atoms with Crippen LogP contribution in [0.5, 0.6) is 0 Å². The van der Waals surface area contributed by atoms with Gasteiger partial charge in [0.05, 0.1) is 10.7 Å².